The normalized spacial score (nSPS) is 12.1. The molecule has 0 aliphatic heterocycles. The lowest BCUT2D eigenvalue weighted by Crippen LogP contribution is -2.22. The Morgan fingerprint density at radius 1 is 1.38 bits per heavy atom. The van der Waals surface area contributed by atoms with Gasteiger partial charge >= 0.3 is 0 Å². The first kappa shape index (κ1) is 13.1. The van der Waals surface area contributed by atoms with Crippen LogP contribution >= 0.6 is 11.8 Å². The highest BCUT2D eigenvalue weighted by atomic mass is 32.2. The number of nitrogens with one attached hydrogen (secondary N) is 1. The fourth-order valence-corrected chi connectivity index (χ4v) is 2.26. The molecule has 3 heteroatoms. The number of rotatable bonds is 6. The van der Waals surface area contributed by atoms with Crippen LogP contribution in [-0.4, -0.2) is 16.9 Å². The van der Waals surface area contributed by atoms with Gasteiger partial charge in [-0.25, -0.2) is 0 Å². The van der Waals surface area contributed by atoms with Crippen LogP contribution in [0.25, 0.3) is 0 Å². The van der Waals surface area contributed by atoms with Crippen LogP contribution in [0.3, 0.4) is 0 Å². The first-order chi connectivity index (χ1) is 7.74. The first-order valence-electron chi connectivity index (χ1n) is 5.71. The van der Waals surface area contributed by atoms with Crippen molar-refractivity contribution >= 4 is 23.4 Å². The Morgan fingerprint density at radius 3 is 2.69 bits per heavy atom. The quantitative estimate of drug-likeness (QED) is 0.767. The fourth-order valence-electron chi connectivity index (χ4n) is 1.25. The minimum absolute atomic E-state index is 0.0201. The number of hydrogen-bond donors (Lipinski definition) is 1. The number of unbranched alkanes of at least 4 members (excludes halogenated alkanes) is 1. The van der Waals surface area contributed by atoms with Gasteiger partial charge in [-0.3, -0.25) is 4.79 Å². The lowest BCUT2D eigenvalue weighted by atomic mass is 10.3. The molecule has 0 saturated carbocycles. The molecule has 0 saturated heterocycles. The van der Waals surface area contributed by atoms with E-state index in [1.165, 1.54) is 12.8 Å². The number of benzene rings is 1. The molecule has 16 heavy (non-hydrogen) atoms. The highest BCUT2D eigenvalue weighted by Gasteiger charge is 2.12. The molecular formula is C13H19NOS. The molecule has 0 aromatic heterocycles. The van der Waals surface area contributed by atoms with Crippen LogP contribution in [0.4, 0.5) is 5.69 Å². The van der Waals surface area contributed by atoms with Crippen molar-refractivity contribution in [3.63, 3.8) is 0 Å². The first-order valence-corrected chi connectivity index (χ1v) is 6.76. The highest BCUT2D eigenvalue weighted by molar-refractivity contribution is 8.00. The summed E-state index contributed by atoms with van der Waals surface area (Å²) in [6, 6.07) is 9.59. The Morgan fingerprint density at radius 2 is 2.06 bits per heavy atom. The fraction of sp³-hybridized carbons (Fsp3) is 0.462. The van der Waals surface area contributed by atoms with Gasteiger partial charge in [0, 0.05) is 5.69 Å². The number of thioether (sulfide) groups is 1. The van der Waals surface area contributed by atoms with Crippen molar-refractivity contribution in [2.45, 2.75) is 31.9 Å². The van der Waals surface area contributed by atoms with Gasteiger partial charge in [0.25, 0.3) is 0 Å². The van der Waals surface area contributed by atoms with Gasteiger partial charge in [-0.1, -0.05) is 31.5 Å². The molecule has 1 aromatic rings. The molecule has 88 valence electrons. The van der Waals surface area contributed by atoms with Crippen LogP contribution < -0.4 is 5.32 Å². The molecule has 0 heterocycles. The number of carbonyl (C=O) groups excluding carboxylic acids is 1. The van der Waals surface area contributed by atoms with E-state index < -0.39 is 0 Å². The van der Waals surface area contributed by atoms with Crippen LogP contribution in [0.5, 0.6) is 0 Å². The van der Waals surface area contributed by atoms with E-state index >= 15 is 0 Å². The van der Waals surface area contributed by atoms with Gasteiger partial charge < -0.3 is 5.32 Å². The standard InChI is InChI=1S/C13H19NOS/c1-3-4-10-16-11(2)13(15)14-12-8-6-5-7-9-12/h5-9,11H,3-4,10H2,1-2H3,(H,14,15). The van der Waals surface area contributed by atoms with Gasteiger partial charge in [-0.05, 0) is 31.2 Å². The van der Waals surface area contributed by atoms with Crippen LogP contribution in [0.1, 0.15) is 26.7 Å². The number of amides is 1. The minimum Gasteiger partial charge on any atom is -0.325 e. The summed E-state index contributed by atoms with van der Waals surface area (Å²) in [4.78, 5) is 11.8. The summed E-state index contributed by atoms with van der Waals surface area (Å²) in [7, 11) is 0. The maximum Gasteiger partial charge on any atom is 0.237 e. The monoisotopic (exact) mass is 237 g/mol. The molecule has 1 aromatic carbocycles. The number of hydrogen-bond acceptors (Lipinski definition) is 2. The maximum absolute atomic E-state index is 11.8. The van der Waals surface area contributed by atoms with Crippen molar-refractivity contribution < 1.29 is 4.79 Å². The van der Waals surface area contributed by atoms with Gasteiger partial charge in [0.15, 0.2) is 0 Å². The molecule has 1 amide bonds. The second kappa shape index (κ2) is 7.34. The van der Waals surface area contributed by atoms with E-state index in [1.807, 2.05) is 37.3 Å². The zero-order valence-electron chi connectivity index (χ0n) is 9.90. The number of anilines is 1. The van der Waals surface area contributed by atoms with Crippen molar-refractivity contribution in [1.82, 2.24) is 0 Å². The Hall–Kier alpha value is -0.960. The number of para-hydroxylation sites is 1. The second-order valence-electron chi connectivity index (χ2n) is 3.72. The van der Waals surface area contributed by atoms with Crippen molar-refractivity contribution in [3.8, 4) is 0 Å². The molecule has 0 fully saturated rings. The van der Waals surface area contributed by atoms with Gasteiger partial charge in [0.05, 0.1) is 5.25 Å². The zero-order valence-corrected chi connectivity index (χ0v) is 10.7. The van der Waals surface area contributed by atoms with E-state index in [0.717, 1.165) is 11.4 Å². The topological polar surface area (TPSA) is 29.1 Å². The zero-order chi connectivity index (χ0) is 11.8. The van der Waals surface area contributed by atoms with Gasteiger partial charge in [-0.2, -0.15) is 0 Å². The summed E-state index contributed by atoms with van der Waals surface area (Å²) in [5, 5.41) is 2.93. The predicted octanol–water partition coefficient (Wildman–Crippen LogP) is 3.55. The molecule has 1 rings (SSSR count). The molecule has 0 aliphatic carbocycles. The molecule has 1 N–H and O–H groups in total. The third-order valence-corrected chi connectivity index (χ3v) is 3.51. The molecule has 0 aliphatic rings. The Balaban J connectivity index is 2.34. The van der Waals surface area contributed by atoms with E-state index in [1.54, 1.807) is 11.8 Å². The van der Waals surface area contributed by atoms with Crippen molar-refractivity contribution in [3.05, 3.63) is 30.3 Å². The van der Waals surface area contributed by atoms with Crippen molar-refractivity contribution in [2.24, 2.45) is 0 Å². The van der Waals surface area contributed by atoms with Gasteiger partial charge in [0.1, 0.15) is 0 Å². The summed E-state index contributed by atoms with van der Waals surface area (Å²) in [5.41, 5.74) is 0.871. The molecule has 2 nitrogen and oxygen atoms in total. The number of carbonyl (C=O) groups is 1. The van der Waals surface area contributed by atoms with E-state index in [-0.39, 0.29) is 11.2 Å². The largest absolute Gasteiger partial charge is 0.325 e. The molecule has 0 radical (unpaired) electrons. The van der Waals surface area contributed by atoms with Crippen LogP contribution in [-0.2, 0) is 4.79 Å². The lowest BCUT2D eigenvalue weighted by Gasteiger charge is -2.11. The smallest absolute Gasteiger partial charge is 0.237 e. The Labute approximate surface area is 102 Å². The predicted molar refractivity (Wildman–Crippen MR) is 71.9 cm³/mol. The highest BCUT2D eigenvalue weighted by Crippen LogP contribution is 2.15. The molecule has 0 spiro atoms. The summed E-state index contributed by atoms with van der Waals surface area (Å²) in [6.07, 6.45) is 2.35. The van der Waals surface area contributed by atoms with Gasteiger partial charge in [0.2, 0.25) is 5.91 Å². The lowest BCUT2D eigenvalue weighted by molar-refractivity contribution is -0.115. The summed E-state index contributed by atoms with van der Waals surface area (Å²) in [6.45, 7) is 4.12. The summed E-state index contributed by atoms with van der Waals surface area (Å²) >= 11 is 1.72. The van der Waals surface area contributed by atoms with Crippen LogP contribution in [0, 0.1) is 0 Å². The molecular weight excluding hydrogens is 218 g/mol. The average molecular weight is 237 g/mol. The Bertz CT molecular complexity index is 313. The van der Waals surface area contributed by atoms with E-state index in [2.05, 4.69) is 12.2 Å². The molecule has 1 atom stereocenters. The average Bonchev–Trinajstić information content (AvgIpc) is 2.30. The van der Waals surface area contributed by atoms with Crippen LogP contribution in [0.2, 0.25) is 0 Å². The summed E-state index contributed by atoms with van der Waals surface area (Å²) in [5.74, 6) is 1.15. The summed E-state index contributed by atoms with van der Waals surface area (Å²) < 4.78 is 0. The minimum atomic E-state index is 0.0201. The van der Waals surface area contributed by atoms with Gasteiger partial charge in [-0.15, -0.1) is 11.8 Å². The van der Waals surface area contributed by atoms with Crippen molar-refractivity contribution in [1.29, 1.82) is 0 Å². The third-order valence-electron chi connectivity index (χ3n) is 2.28. The Kier molecular flexibility index (Phi) is 6.01. The molecule has 0 bridgehead atoms. The van der Waals surface area contributed by atoms with E-state index in [0.29, 0.717) is 0 Å². The van der Waals surface area contributed by atoms with Crippen molar-refractivity contribution in [2.75, 3.05) is 11.1 Å². The second-order valence-corrected chi connectivity index (χ2v) is 5.17. The SMILES string of the molecule is CCCCSC(C)C(=O)Nc1ccccc1. The van der Waals surface area contributed by atoms with E-state index in [4.69, 9.17) is 0 Å². The van der Waals surface area contributed by atoms with Crippen LogP contribution in [0.15, 0.2) is 30.3 Å². The molecule has 1 unspecified atom stereocenters. The maximum atomic E-state index is 11.8. The third kappa shape index (κ3) is 4.71. The van der Waals surface area contributed by atoms with E-state index in [9.17, 15) is 4.79 Å².